The number of nitrogens with zero attached hydrogens (tertiary/aromatic N) is 3. The van der Waals surface area contributed by atoms with Gasteiger partial charge in [0.25, 0.3) is 0 Å². The molecule has 1 saturated heterocycles. The van der Waals surface area contributed by atoms with Crippen LogP contribution in [0.3, 0.4) is 0 Å². The van der Waals surface area contributed by atoms with E-state index in [4.69, 9.17) is 4.98 Å². The molecule has 0 aliphatic carbocycles. The average Bonchev–Trinajstić information content (AvgIpc) is 3.56. The van der Waals surface area contributed by atoms with Crippen LogP contribution in [-0.4, -0.2) is 40.6 Å². The molecule has 0 saturated carbocycles. The van der Waals surface area contributed by atoms with E-state index in [0.717, 1.165) is 31.7 Å². The molecular weight excluding hydrogens is 476 g/mol. The normalized spacial score (nSPS) is 17.3. The molecule has 170 valence electrons. The molecule has 0 bridgehead atoms. The Morgan fingerprint density at radius 2 is 2.03 bits per heavy atom. The van der Waals surface area contributed by atoms with Crippen molar-refractivity contribution >= 4 is 44.2 Å². The number of thiazole rings is 1. The highest BCUT2D eigenvalue weighted by Gasteiger charge is 2.31. The van der Waals surface area contributed by atoms with Gasteiger partial charge in [-0.1, -0.05) is 36.4 Å². The number of hydrogen-bond acceptors (Lipinski definition) is 7. The molecule has 3 aromatic heterocycles. The first-order valence-electron chi connectivity index (χ1n) is 10.5. The Kier molecular flexibility index (Phi) is 5.90. The first kappa shape index (κ1) is 22.0. The van der Waals surface area contributed by atoms with E-state index in [-0.39, 0.29) is 29.9 Å². The Labute approximate surface area is 200 Å². The van der Waals surface area contributed by atoms with Crippen LogP contribution in [0, 0.1) is 6.92 Å². The number of rotatable bonds is 6. The summed E-state index contributed by atoms with van der Waals surface area (Å²) >= 11 is 3.11. The lowest BCUT2D eigenvalue weighted by Crippen LogP contribution is -2.20. The minimum absolute atomic E-state index is 0.0504. The van der Waals surface area contributed by atoms with Gasteiger partial charge in [0, 0.05) is 16.5 Å². The highest BCUT2D eigenvalue weighted by molar-refractivity contribution is 7.91. The van der Waals surface area contributed by atoms with E-state index < -0.39 is 9.84 Å². The van der Waals surface area contributed by atoms with Crippen LogP contribution in [0.4, 0.5) is 5.82 Å². The number of carbonyl (C=O) groups excluding carboxylic acids is 1. The molecule has 7 nitrogen and oxygen atoms in total. The zero-order chi connectivity index (χ0) is 23.0. The first-order chi connectivity index (χ1) is 15.9. The molecule has 4 heterocycles. The Bertz CT molecular complexity index is 1390. The molecule has 0 radical (unpaired) electrons. The van der Waals surface area contributed by atoms with E-state index in [1.807, 2.05) is 54.8 Å². The lowest BCUT2D eigenvalue weighted by molar-refractivity contribution is -0.115. The summed E-state index contributed by atoms with van der Waals surface area (Å²) in [4.78, 5) is 19.8. The molecule has 1 amide bonds. The Morgan fingerprint density at radius 3 is 2.73 bits per heavy atom. The molecule has 1 aliphatic heterocycles. The third-order valence-corrected chi connectivity index (χ3v) is 9.20. The number of benzene rings is 1. The monoisotopic (exact) mass is 498 g/mol. The van der Waals surface area contributed by atoms with Gasteiger partial charge >= 0.3 is 0 Å². The largest absolute Gasteiger partial charge is 0.311 e. The number of aromatic nitrogens is 3. The zero-order valence-electron chi connectivity index (χ0n) is 17.9. The number of thiophene rings is 1. The van der Waals surface area contributed by atoms with Crippen molar-refractivity contribution in [3.63, 3.8) is 0 Å². The third kappa shape index (κ3) is 4.78. The highest BCUT2D eigenvalue weighted by atomic mass is 32.2. The quantitative estimate of drug-likeness (QED) is 0.420. The number of amides is 1. The molecule has 1 aromatic carbocycles. The molecule has 5 rings (SSSR count). The van der Waals surface area contributed by atoms with Gasteiger partial charge in [0.2, 0.25) is 5.91 Å². The van der Waals surface area contributed by atoms with E-state index in [9.17, 15) is 13.2 Å². The van der Waals surface area contributed by atoms with E-state index in [1.54, 1.807) is 22.1 Å². The summed E-state index contributed by atoms with van der Waals surface area (Å²) in [6.07, 6.45) is 0.676. The molecule has 1 fully saturated rings. The molecule has 33 heavy (non-hydrogen) atoms. The fourth-order valence-corrected chi connectivity index (χ4v) is 7.55. The number of aryl methyl sites for hydroxylation is 1. The predicted molar refractivity (Wildman–Crippen MR) is 132 cm³/mol. The second-order valence-electron chi connectivity index (χ2n) is 8.03. The minimum Gasteiger partial charge on any atom is -0.311 e. The number of anilines is 1. The summed E-state index contributed by atoms with van der Waals surface area (Å²) in [6.45, 7) is 1.83. The molecule has 1 unspecified atom stereocenters. The van der Waals surface area contributed by atoms with E-state index >= 15 is 0 Å². The maximum Gasteiger partial charge on any atom is 0.230 e. The van der Waals surface area contributed by atoms with Crippen molar-refractivity contribution in [3.05, 3.63) is 64.5 Å². The lowest BCUT2D eigenvalue weighted by Gasteiger charge is -2.13. The van der Waals surface area contributed by atoms with Crippen molar-refractivity contribution in [1.82, 2.24) is 14.8 Å². The van der Waals surface area contributed by atoms with Crippen molar-refractivity contribution in [2.24, 2.45) is 0 Å². The average molecular weight is 499 g/mol. The van der Waals surface area contributed by atoms with Crippen molar-refractivity contribution in [2.75, 3.05) is 16.8 Å². The third-order valence-electron chi connectivity index (χ3n) is 5.47. The van der Waals surface area contributed by atoms with Crippen LogP contribution in [0.1, 0.15) is 23.0 Å². The van der Waals surface area contributed by atoms with Crippen LogP contribution in [0.15, 0.2) is 53.9 Å². The first-order valence-corrected chi connectivity index (χ1v) is 14.1. The maximum absolute atomic E-state index is 13.1. The number of nitrogens with one attached hydrogen (secondary N) is 1. The summed E-state index contributed by atoms with van der Waals surface area (Å²) in [7, 11) is -3.06. The molecule has 4 aromatic rings. The molecule has 1 atom stereocenters. The Morgan fingerprint density at radius 1 is 1.21 bits per heavy atom. The second-order valence-corrected chi connectivity index (χ2v) is 12.3. The fraction of sp³-hybridized carbons (Fsp3) is 0.261. The smallest absolute Gasteiger partial charge is 0.230 e. The minimum atomic E-state index is -3.06. The number of sulfone groups is 1. The van der Waals surface area contributed by atoms with E-state index in [1.165, 1.54) is 11.3 Å². The van der Waals surface area contributed by atoms with E-state index in [0.29, 0.717) is 12.2 Å². The second kappa shape index (κ2) is 8.85. The van der Waals surface area contributed by atoms with Gasteiger partial charge in [0.05, 0.1) is 40.2 Å². The predicted octanol–water partition coefficient (Wildman–Crippen LogP) is 4.58. The molecule has 0 spiro atoms. The summed E-state index contributed by atoms with van der Waals surface area (Å²) in [5.74, 6) is 0.551. The topological polar surface area (TPSA) is 94.0 Å². The standard InChI is InChI=1S/C23H22N4O3S3/c1-15-12-20(27(26-15)17-9-11-33(29,30)14-17)24-21(28)13-19-22(18-8-5-10-31-18)25-23(32-19)16-6-3-2-4-7-16/h2-8,10,12,17H,9,11,13-14H2,1H3,(H,24,28). The summed E-state index contributed by atoms with van der Waals surface area (Å²) in [5, 5.41) is 10.3. The van der Waals surface area contributed by atoms with Gasteiger partial charge in [0.15, 0.2) is 9.84 Å². The van der Waals surface area contributed by atoms with Crippen molar-refractivity contribution < 1.29 is 13.2 Å². The Hall–Kier alpha value is -2.82. The van der Waals surface area contributed by atoms with Crippen molar-refractivity contribution in [3.8, 4) is 21.1 Å². The fourth-order valence-electron chi connectivity index (χ4n) is 3.97. The van der Waals surface area contributed by atoms with Crippen molar-refractivity contribution in [2.45, 2.75) is 25.8 Å². The van der Waals surface area contributed by atoms with Gasteiger partial charge in [-0.25, -0.2) is 18.1 Å². The van der Waals surface area contributed by atoms with Crippen LogP contribution in [0.25, 0.3) is 21.1 Å². The van der Waals surface area contributed by atoms with Gasteiger partial charge in [-0.2, -0.15) is 5.10 Å². The number of hydrogen-bond donors (Lipinski definition) is 1. The Balaban J connectivity index is 1.40. The van der Waals surface area contributed by atoms with Crippen LogP contribution in [0.5, 0.6) is 0 Å². The van der Waals surface area contributed by atoms with Gasteiger partial charge in [-0.3, -0.25) is 4.79 Å². The zero-order valence-corrected chi connectivity index (χ0v) is 20.3. The SMILES string of the molecule is Cc1cc(NC(=O)Cc2sc(-c3ccccc3)nc2-c2cccs2)n(C2CCS(=O)(=O)C2)n1. The highest BCUT2D eigenvalue weighted by Crippen LogP contribution is 2.36. The molecular formula is C23H22N4O3S3. The van der Waals surface area contributed by atoms with Gasteiger partial charge in [0.1, 0.15) is 10.8 Å². The van der Waals surface area contributed by atoms with Crippen LogP contribution < -0.4 is 5.32 Å². The van der Waals surface area contributed by atoms with Crippen LogP contribution in [0.2, 0.25) is 0 Å². The van der Waals surface area contributed by atoms with Crippen LogP contribution in [-0.2, 0) is 21.1 Å². The van der Waals surface area contributed by atoms with Gasteiger partial charge in [-0.15, -0.1) is 22.7 Å². The van der Waals surface area contributed by atoms with Gasteiger partial charge < -0.3 is 5.32 Å². The maximum atomic E-state index is 13.1. The molecule has 1 aliphatic rings. The van der Waals surface area contributed by atoms with E-state index in [2.05, 4.69) is 10.4 Å². The number of carbonyl (C=O) groups is 1. The summed E-state index contributed by atoms with van der Waals surface area (Å²) in [5.41, 5.74) is 2.58. The van der Waals surface area contributed by atoms with Crippen molar-refractivity contribution in [1.29, 1.82) is 0 Å². The summed E-state index contributed by atoms with van der Waals surface area (Å²) in [6, 6.07) is 15.4. The lowest BCUT2D eigenvalue weighted by atomic mass is 10.2. The van der Waals surface area contributed by atoms with Crippen LogP contribution >= 0.6 is 22.7 Å². The van der Waals surface area contributed by atoms with Gasteiger partial charge in [-0.05, 0) is 24.8 Å². The summed E-state index contributed by atoms with van der Waals surface area (Å²) < 4.78 is 25.5. The molecule has 1 N–H and O–H groups in total. The molecule has 10 heteroatoms.